The van der Waals surface area contributed by atoms with Crippen LogP contribution in [-0.4, -0.2) is 5.55 Å². The van der Waals surface area contributed by atoms with Gasteiger partial charge < -0.3 is 0 Å². The summed E-state index contributed by atoms with van der Waals surface area (Å²) in [4.78, 5) is 3.93. The van der Waals surface area contributed by atoms with Crippen molar-refractivity contribution in [1.82, 2.24) is 0 Å². The van der Waals surface area contributed by atoms with Crippen LogP contribution in [0.5, 0.6) is 0 Å². The van der Waals surface area contributed by atoms with Gasteiger partial charge in [-0.25, -0.2) is 0 Å². The van der Waals surface area contributed by atoms with E-state index in [9.17, 15) is 0 Å². The Morgan fingerprint density at radius 3 is 2.56 bits per heavy atom. The quantitative estimate of drug-likeness (QED) is 0.435. The second-order valence-electron chi connectivity index (χ2n) is 1.34. The molecule has 0 radical (unpaired) electrons. The van der Waals surface area contributed by atoms with Crippen LogP contribution in [0.3, 0.4) is 0 Å². The minimum atomic E-state index is 1.57. The van der Waals surface area contributed by atoms with Crippen LogP contribution in [0.15, 0.2) is 28.8 Å². The first kappa shape index (κ1) is 8.50. The molecule has 0 saturated carbocycles. The zero-order valence-electron chi connectivity index (χ0n) is 5.74. The van der Waals surface area contributed by atoms with Crippen molar-refractivity contribution in [3.8, 4) is 0 Å². The lowest BCUT2D eigenvalue weighted by atomic mass is 10.7. The van der Waals surface area contributed by atoms with E-state index in [1.54, 1.807) is 23.5 Å². The highest BCUT2D eigenvalue weighted by Crippen LogP contribution is 1.95. The second-order valence-corrected chi connectivity index (χ2v) is 2.10. The van der Waals surface area contributed by atoms with Gasteiger partial charge >= 0.3 is 0 Å². The van der Waals surface area contributed by atoms with E-state index in [4.69, 9.17) is 0 Å². The van der Waals surface area contributed by atoms with Gasteiger partial charge in [-0.3, -0.25) is 4.99 Å². The van der Waals surface area contributed by atoms with E-state index < -0.39 is 0 Å². The summed E-state index contributed by atoms with van der Waals surface area (Å²) < 4.78 is 0. The smallest absolute Gasteiger partial charge is 0.0638 e. The Kier molecular flexibility index (Phi) is 7.08. The van der Waals surface area contributed by atoms with Crippen molar-refractivity contribution in [2.24, 2.45) is 4.99 Å². The van der Waals surface area contributed by atoms with Gasteiger partial charge in [-0.2, -0.15) is 0 Å². The predicted octanol–water partition coefficient (Wildman–Crippen LogP) is 2.82. The molecule has 0 aromatic heterocycles. The number of nitrogens with zero attached hydrogens (tertiary/aromatic N) is 1. The van der Waals surface area contributed by atoms with Gasteiger partial charge in [0.25, 0.3) is 0 Å². The van der Waals surface area contributed by atoms with Gasteiger partial charge in [0, 0.05) is 6.20 Å². The maximum atomic E-state index is 3.93. The molecule has 0 N–H and O–H groups in total. The van der Waals surface area contributed by atoms with Crippen LogP contribution >= 0.6 is 11.8 Å². The lowest BCUT2D eigenvalue weighted by molar-refractivity contribution is 1.56. The second kappa shape index (κ2) is 7.50. The van der Waals surface area contributed by atoms with Crippen molar-refractivity contribution < 1.29 is 0 Å². The van der Waals surface area contributed by atoms with E-state index in [-0.39, 0.29) is 0 Å². The minimum absolute atomic E-state index is 1.57. The first-order valence-corrected chi connectivity index (χ1v) is 3.75. The van der Waals surface area contributed by atoms with Gasteiger partial charge in [-0.15, -0.1) is 0 Å². The van der Waals surface area contributed by atoms with E-state index in [1.165, 1.54) is 0 Å². The van der Waals surface area contributed by atoms with Crippen LogP contribution < -0.4 is 0 Å². The summed E-state index contributed by atoms with van der Waals surface area (Å²) in [6.07, 6.45) is 5.63. The highest BCUT2D eigenvalue weighted by atomic mass is 32.2. The summed E-state index contributed by atoms with van der Waals surface area (Å²) in [7, 11) is 0. The Morgan fingerprint density at radius 2 is 2.00 bits per heavy atom. The fourth-order valence-electron chi connectivity index (χ4n) is 0.270. The molecule has 0 fully saturated rings. The number of rotatable bonds is 3. The topological polar surface area (TPSA) is 12.4 Å². The van der Waals surface area contributed by atoms with Crippen LogP contribution in [0, 0.1) is 0 Å². The molecule has 2 heteroatoms. The molecule has 0 heterocycles. The molecule has 0 aliphatic carbocycles. The Morgan fingerprint density at radius 1 is 1.22 bits per heavy atom. The summed E-state index contributed by atoms with van der Waals surface area (Å²) in [6.45, 7) is 3.92. The Balaban J connectivity index is 3.25. The maximum absolute atomic E-state index is 3.93. The standard InChI is InChI=1S/C7H11NS/c1-3-5-8-7-9-6-4-2/h3-7H,1-2H3/b5-3+,6-4-,8-7?. The van der Waals surface area contributed by atoms with Crippen LogP contribution in [0.4, 0.5) is 0 Å². The Bertz CT molecular complexity index is 125. The lowest BCUT2D eigenvalue weighted by Crippen LogP contribution is -1.54. The highest BCUT2D eigenvalue weighted by molar-refractivity contribution is 8.14. The van der Waals surface area contributed by atoms with E-state index in [0.717, 1.165) is 0 Å². The van der Waals surface area contributed by atoms with Crippen molar-refractivity contribution >= 4 is 17.3 Å². The number of hydrogen-bond donors (Lipinski definition) is 0. The van der Waals surface area contributed by atoms with E-state index in [2.05, 4.69) is 4.99 Å². The van der Waals surface area contributed by atoms with Crippen molar-refractivity contribution in [2.45, 2.75) is 13.8 Å². The highest BCUT2D eigenvalue weighted by Gasteiger charge is 1.65. The van der Waals surface area contributed by atoms with Gasteiger partial charge in [0.05, 0.1) is 5.55 Å². The zero-order valence-corrected chi connectivity index (χ0v) is 6.56. The van der Waals surface area contributed by atoms with Gasteiger partial charge in [0.2, 0.25) is 0 Å². The van der Waals surface area contributed by atoms with Gasteiger partial charge in [-0.1, -0.05) is 23.9 Å². The van der Waals surface area contributed by atoms with Crippen molar-refractivity contribution in [3.63, 3.8) is 0 Å². The molecule has 0 unspecified atom stereocenters. The van der Waals surface area contributed by atoms with Crippen molar-refractivity contribution in [3.05, 3.63) is 23.8 Å². The Hall–Kier alpha value is -0.500. The number of thioether (sulfide) groups is 1. The van der Waals surface area contributed by atoms with Crippen LogP contribution in [0.2, 0.25) is 0 Å². The molecule has 0 aromatic rings. The monoisotopic (exact) mass is 141 g/mol. The summed E-state index contributed by atoms with van der Waals surface area (Å²) in [5.74, 6) is 0. The Labute approximate surface area is 60.6 Å². The fourth-order valence-corrected chi connectivity index (χ4v) is 0.638. The van der Waals surface area contributed by atoms with Crippen LogP contribution in [0.25, 0.3) is 0 Å². The third-order valence-corrected chi connectivity index (χ3v) is 1.24. The molecular weight excluding hydrogens is 130 g/mol. The zero-order chi connectivity index (χ0) is 6.95. The molecule has 1 nitrogen and oxygen atoms in total. The molecule has 0 amide bonds. The molecule has 50 valence electrons. The first-order chi connectivity index (χ1) is 4.41. The molecule has 0 spiro atoms. The SMILES string of the molecule is C/C=C\SC=N/C=C/C. The maximum Gasteiger partial charge on any atom is 0.0638 e. The third kappa shape index (κ3) is 7.50. The third-order valence-electron chi connectivity index (χ3n) is 0.572. The van der Waals surface area contributed by atoms with Gasteiger partial charge in [0.15, 0.2) is 0 Å². The summed E-state index contributed by atoms with van der Waals surface area (Å²) >= 11 is 1.57. The molecule has 0 aliphatic rings. The molecule has 0 saturated heterocycles. The minimum Gasteiger partial charge on any atom is -0.258 e. The first-order valence-electron chi connectivity index (χ1n) is 2.81. The molecule has 0 aromatic carbocycles. The largest absolute Gasteiger partial charge is 0.258 e. The van der Waals surface area contributed by atoms with Crippen LogP contribution in [0.1, 0.15) is 13.8 Å². The normalized spacial score (nSPS) is 12.7. The summed E-state index contributed by atoms with van der Waals surface area (Å²) in [6, 6.07) is 0. The van der Waals surface area contributed by atoms with Crippen molar-refractivity contribution in [1.29, 1.82) is 0 Å². The van der Waals surface area contributed by atoms with Gasteiger partial charge in [0.1, 0.15) is 0 Å². The molecule has 0 atom stereocenters. The number of allylic oxidation sites excluding steroid dienone is 2. The average Bonchev–Trinajstić information content (AvgIpc) is 1.89. The van der Waals surface area contributed by atoms with E-state index in [0.29, 0.717) is 0 Å². The molecule has 0 aliphatic heterocycles. The molecular formula is C7H11NS. The van der Waals surface area contributed by atoms with Gasteiger partial charge in [-0.05, 0) is 19.3 Å². The summed E-state index contributed by atoms with van der Waals surface area (Å²) in [5, 5.41) is 1.98. The van der Waals surface area contributed by atoms with Crippen molar-refractivity contribution in [2.75, 3.05) is 0 Å². The number of hydrogen-bond acceptors (Lipinski definition) is 2. The molecule has 9 heavy (non-hydrogen) atoms. The van der Waals surface area contributed by atoms with Crippen LogP contribution in [-0.2, 0) is 0 Å². The van der Waals surface area contributed by atoms with E-state index in [1.807, 2.05) is 31.4 Å². The number of aliphatic imine (C=N–C) groups is 1. The summed E-state index contributed by atoms with van der Waals surface area (Å²) in [5.41, 5.74) is 1.79. The fraction of sp³-hybridized carbons (Fsp3) is 0.286. The predicted molar refractivity (Wildman–Crippen MR) is 45.7 cm³/mol. The molecule has 0 rings (SSSR count). The molecule has 0 bridgehead atoms. The average molecular weight is 141 g/mol. The van der Waals surface area contributed by atoms with E-state index >= 15 is 0 Å². The lowest BCUT2D eigenvalue weighted by Gasteiger charge is -1.75.